The zero-order valence-electron chi connectivity index (χ0n) is 36.9. The Morgan fingerprint density at radius 2 is 1.56 bits per heavy atom. The number of Topliss-reactive ketones (excluding diaryl/α,β-unsaturated/α-hetero) is 1. The van der Waals surface area contributed by atoms with Gasteiger partial charge in [0.2, 0.25) is 0 Å². The average molecular weight is 934 g/mol. The highest BCUT2D eigenvalue weighted by atomic mass is 32.1. The zero-order chi connectivity index (χ0) is 47.9. The summed E-state index contributed by atoms with van der Waals surface area (Å²) in [5, 5.41) is 43.0. The first-order valence-corrected chi connectivity index (χ1v) is 22.2. The SMILES string of the molecule is CCOC(=O)O[C@H]1C(=O)[C@@]2(C)C([C@H](OC(=O)c3ccccc3)[C@]3(O)C[C@H](OC(=O)[C@H](O)[C@@H](NC(=O)OC(=O)c4ccccc4)c4ccsc4)C(C)=C1C3(C)C)[C@]1(OC(C)=O)CO[C@@H]1C[C@@H]2O. The maximum absolute atomic E-state index is 15.6. The van der Waals surface area contributed by atoms with E-state index in [-0.39, 0.29) is 47.5 Å². The molecule has 11 atom stereocenters. The molecule has 1 unspecified atom stereocenters. The van der Waals surface area contributed by atoms with Crippen molar-refractivity contribution in [2.45, 2.75) is 108 Å². The molecule has 3 fully saturated rings. The first kappa shape index (κ1) is 48.0. The zero-order valence-corrected chi connectivity index (χ0v) is 37.7. The number of aliphatic hydroxyl groups excluding tert-OH is 2. The molecule has 1 aromatic heterocycles. The van der Waals surface area contributed by atoms with Gasteiger partial charge >= 0.3 is 36.1 Å². The van der Waals surface area contributed by atoms with Gasteiger partial charge in [-0.05, 0) is 78.6 Å². The summed E-state index contributed by atoms with van der Waals surface area (Å²) >= 11 is 1.17. The van der Waals surface area contributed by atoms with Gasteiger partial charge in [0.25, 0.3) is 0 Å². The maximum Gasteiger partial charge on any atom is 0.509 e. The van der Waals surface area contributed by atoms with Crippen molar-refractivity contribution in [3.63, 3.8) is 0 Å². The summed E-state index contributed by atoms with van der Waals surface area (Å²) in [5.74, 6) is -6.76. The van der Waals surface area contributed by atoms with Crippen LogP contribution in [0.2, 0.25) is 0 Å². The third kappa shape index (κ3) is 8.27. The molecular formula is C47H51NO17S. The summed E-state index contributed by atoms with van der Waals surface area (Å²) in [6.45, 7) is 7.91. The normalized spacial score (nSPS) is 30.5. The van der Waals surface area contributed by atoms with Crippen LogP contribution in [0.4, 0.5) is 9.59 Å². The fourth-order valence-corrected chi connectivity index (χ4v) is 10.8. The Morgan fingerprint density at radius 3 is 2.12 bits per heavy atom. The van der Waals surface area contributed by atoms with Gasteiger partial charge in [0, 0.05) is 25.2 Å². The van der Waals surface area contributed by atoms with Gasteiger partial charge in [0.1, 0.15) is 23.9 Å². The van der Waals surface area contributed by atoms with Gasteiger partial charge in [-0.25, -0.2) is 24.0 Å². The largest absolute Gasteiger partial charge is 0.509 e. The number of ether oxygens (including phenoxy) is 7. The number of fused-ring (bicyclic) bond motifs is 5. The number of benzene rings is 2. The third-order valence-corrected chi connectivity index (χ3v) is 14.3. The van der Waals surface area contributed by atoms with E-state index in [9.17, 15) is 44.1 Å². The van der Waals surface area contributed by atoms with Crippen molar-refractivity contribution >= 4 is 53.2 Å². The Balaban J connectivity index is 1.35. The monoisotopic (exact) mass is 933 g/mol. The van der Waals surface area contributed by atoms with Gasteiger partial charge in [0.15, 0.2) is 23.6 Å². The molecule has 3 aliphatic carbocycles. The Bertz CT molecular complexity index is 2400. The Hall–Kier alpha value is -5.99. The molecule has 66 heavy (non-hydrogen) atoms. The highest BCUT2D eigenvalue weighted by molar-refractivity contribution is 7.08. The molecule has 0 radical (unpaired) electrons. The number of hydrogen-bond donors (Lipinski definition) is 4. The number of carbonyl (C=O) groups excluding carboxylic acids is 7. The number of aliphatic hydroxyl groups is 3. The van der Waals surface area contributed by atoms with E-state index in [2.05, 4.69) is 5.32 Å². The number of amides is 1. The van der Waals surface area contributed by atoms with Crippen LogP contribution >= 0.6 is 11.3 Å². The van der Waals surface area contributed by atoms with Crippen LogP contribution in [0, 0.1) is 16.7 Å². The van der Waals surface area contributed by atoms with Crippen LogP contribution in [0.15, 0.2) is 88.6 Å². The molecule has 4 aliphatic rings. The molecule has 18 nitrogen and oxygen atoms in total. The number of alkyl carbamates (subject to hydrolysis) is 1. The van der Waals surface area contributed by atoms with Crippen molar-refractivity contribution < 1.29 is 82.0 Å². The van der Waals surface area contributed by atoms with E-state index in [1.807, 2.05) is 0 Å². The highest BCUT2D eigenvalue weighted by Gasteiger charge is 2.78. The van der Waals surface area contributed by atoms with Crippen LogP contribution in [-0.2, 0) is 47.5 Å². The van der Waals surface area contributed by atoms with Gasteiger partial charge in [-0.1, -0.05) is 50.2 Å². The minimum atomic E-state index is -2.48. The highest BCUT2D eigenvalue weighted by Crippen LogP contribution is 2.64. The van der Waals surface area contributed by atoms with E-state index in [0.29, 0.717) is 0 Å². The van der Waals surface area contributed by atoms with Crippen molar-refractivity contribution in [2.24, 2.45) is 16.7 Å². The molecule has 2 saturated carbocycles. The third-order valence-electron chi connectivity index (χ3n) is 13.6. The van der Waals surface area contributed by atoms with Crippen molar-refractivity contribution in [3.8, 4) is 0 Å². The summed E-state index contributed by atoms with van der Waals surface area (Å²) in [6.07, 6.45) is -13.9. The van der Waals surface area contributed by atoms with Gasteiger partial charge in [-0.2, -0.15) is 11.3 Å². The fraction of sp³-hybridized carbons (Fsp3) is 0.468. The molecule has 0 spiro atoms. The second-order valence-corrected chi connectivity index (χ2v) is 18.3. The summed E-state index contributed by atoms with van der Waals surface area (Å²) in [7, 11) is 0. The molecule has 1 saturated heterocycles. The number of ketones is 1. The van der Waals surface area contributed by atoms with Crippen molar-refractivity contribution in [2.75, 3.05) is 13.2 Å². The lowest BCUT2D eigenvalue weighted by Gasteiger charge is -2.67. The molecule has 2 heterocycles. The second-order valence-electron chi connectivity index (χ2n) is 17.5. The molecule has 1 aliphatic heterocycles. The van der Waals surface area contributed by atoms with Crippen molar-refractivity contribution in [1.29, 1.82) is 0 Å². The first-order chi connectivity index (χ1) is 31.2. The minimum absolute atomic E-state index is 0.0293. The van der Waals surface area contributed by atoms with Crippen LogP contribution in [-0.4, -0.2) is 118 Å². The van der Waals surface area contributed by atoms with E-state index in [0.717, 1.165) is 6.92 Å². The lowest BCUT2D eigenvalue weighted by molar-refractivity contribution is -0.346. The minimum Gasteiger partial charge on any atom is -0.456 e. The molecule has 19 heteroatoms. The summed E-state index contributed by atoms with van der Waals surface area (Å²) < 4.78 is 40.3. The Morgan fingerprint density at radius 1 is 0.924 bits per heavy atom. The number of carbonyl (C=O) groups is 7. The number of thiophene rings is 1. The molecule has 1 amide bonds. The molecular weight excluding hydrogens is 883 g/mol. The smallest absolute Gasteiger partial charge is 0.456 e. The summed E-state index contributed by atoms with van der Waals surface area (Å²) in [5.41, 5.74) is -7.96. The first-order valence-electron chi connectivity index (χ1n) is 21.3. The number of hydrogen-bond acceptors (Lipinski definition) is 18. The van der Waals surface area contributed by atoms with Crippen LogP contribution in [0.3, 0.4) is 0 Å². The number of esters is 4. The average Bonchev–Trinajstić information content (AvgIpc) is 3.82. The Kier molecular flexibility index (Phi) is 13.3. The van der Waals surface area contributed by atoms with E-state index >= 15 is 4.79 Å². The lowest BCUT2D eigenvalue weighted by atomic mass is 9.44. The van der Waals surface area contributed by atoms with E-state index in [1.165, 1.54) is 81.7 Å². The molecule has 3 aromatic rings. The predicted molar refractivity (Wildman–Crippen MR) is 228 cm³/mol. The second kappa shape index (κ2) is 18.4. The van der Waals surface area contributed by atoms with Crippen LogP contribution in [0.25, 0.3) is 0 Å². The standard InChI is InChI=1S/C47H51NO17S/c1-7-59-43(57)62-35-32-24(2)29(61-41(55)34(51)33(28-18-19-66-22-28)48-42(56)64-40(54)27-16-12-9-13-17-27)21-47(58,44(32,4)5)38(63-39(53)26-14-10-8-11-15-26)36-45(6,37(35)52)30(50)20-31-46(36,23-60-31)65-25(3)49/h8-19,22,29-31,33-36,38,50-51,58H,7,20-21,23H2,1-6H3,(H,48,56)/t29-,30-,31+,33-,34+,35+,36?,38-,45+,46-,47+/m0/s1. The van der Waals surface area contributed by atoms with E-state index < -0.39 is 119 Å². The van der Waals surface area contributed by atoms with Gasteiger partial charge < -0.3 is 53.8 Å². The topological polar surface area (TPSA) is 257 Å². The van der Waals surface area contributed by atoms with Crippen molar-refractivity contribution in [3.05, 3.63) is 105 Å². The van der Waals surface area contributed by atoms with Crippen LogP contribution in [0.5, 0.6) is 0 Å². The molecule has 4 N–H and O–H groups in total. The number of nitrogens with one attached hydrogen (secondary N) is 1. The quantitative estimate of drug-likeness (QED) is 0.0890. The van der Waals surface area contributed by atoms with Crippen LogP contribution in [0.1, 0.15) is 86.7 Å². The lowest BCUT2D eigenvalue weighted by Crippen LogP contribution is -2.82. The molecule has 352 valence electrons. The summed E-state index contributed by atoms with van der Waals surface area (Å²) in [6, 6.07) is 15.3. The maximum atomic E-state index is 15.6. The van der Waals surface area contributed by atoms with Gasteiger partial charge in [-0.15, -0.1) is 0 Å². The molecule has 7 rings (SSSR count). The van der Waals surface area contributed by atoms with Crippen LogP contribution < -0.4 is 5.32 Å². The van der Waals surface area contributed by atoms with Crippen molar-refractivity contribution in [1.82, 2.24) is 5.32 Å². The van der Waals surface area contributed by atoms with E-state index in [1.54, 1.807) is 41.8 Å². The number of rotatable bonds is 11. The molecule has 2 bridgehead atoms. The van der Waals surface area contributed by atoms with Gasteiger partial charge in [0.05, 0.1) is 47.8 Å². The van der Waals surface area contributed by atoms with E-state index in [4.69, 9.17) is 33.2 Å². The van der Waals surface area contributed by atoms with Gasteiger partial charge in [-0.3, -0.25) is 9.59 Å². The summed E-state index contributed by atoms with van der Waals surface area (Å²) in [4.78, 5) is 96.5. The molecule has 2 aromatic carbocycles. The fourth-order valence-electron chi connectivity index (χ4n) is 10.1. The Labute approximate surface area is 383 Å². The predicted octanol–water partition coefficient (Wildman–Crippen LogP) is 4.54.